The van der Waals surface area contributed by atoms with Gasteiger partial charge in [-0.1, -0.05) is 24.3 Å². The highest BCUT2D eigenvalue weighted by Gasteiger charge is 2.38. The van der Waals surface area contributed by atoms with E-state index in [1.54, 1.807) is 48.3 Å². The molecule has 5 aromatic rings. The Morgan fingerprint density at radius 1 is 0.971 bits per heavy atom. The van der Waals surface area contributed by atoms with Crippen LogP contribution in [0.1, 0.15) is 26.3 Å². The lowest BCUT2D eigenvalue weighted by molar-refractivity contribution is 0.0925. The van der Waals surface area contributed by atoms with E-state index >= 15 is 0 Å². The first-order valence-electron chi connectivity index (χ1n) is 10.5. The van der Waals surface area contributed by atoms with E-state index in [1.807, 2.05) is 29.6 Å². The molecule has 0 aliphatic carbocycles. The number of benzene rings is 2. The van der Waals surface area contributed by atoms with Gasteiger partial charge in [-0.25, -0.2) is 14.9 Å². The maximum Gasteiger partial charge on any atom is 0.267 e. The van der Waals surface area contributed by atoms with Crippen LogP contribution in [0.5, 0.6) is 5.75 Å². The van der Waals surface area contributed by atoms with Crippen molar-refractivity contribution in [3.8, 4) is 17.0 Å². The first-order valence-corrected chi connectivity index (χ1v) is 11.4. The quantitative estimate of drug-likeness (QED) is 0.356. The normalized spacial score (nSPS) is 13.0. The second-order valence-electron chi connectivity index (χ2n) is 7.77. The topological polar surface area (TPSA) is 90.2 Å². The van der Waals surface area contributed by atoms with Crippen molar-refractivity contribution < 1.29 is 14.3 Å². The third-order valence-corrected chi connectivity index (χ3v) is 6.70. The van der Waals surface area contributed by atoms with Gasteiger partial charge < -0.3 is 4.74 Å². The van der Waals surface area contributed by atoms with Crippen molar-refractivity contribution in [2.24, 2.45) is 0 Å². The lowest BCUT2D eigenvalue weighted by atomic mass is 10.1. The van der Waals surface area contributed by atoms with Gasteiger partial charge in [0.25, 0.3) is 11.8 Å². The number of imide groups is 1. The molecule has 0 N–H and O–H groups in total. The molecule has 8 nitrogen and oxygen atoms in total. The van der Waals surface area contributed by atoms with Crippen LogP contribution in [-0.2, 0) is 6.54 Å². The summed E-state index contributed by atoms with van der Waals surface area (Å²) in [6, 6.07) is 16.3. The summed E-state index contributed by atoms with van der Waals surface area (Å²) in [6.45, 7) is 0.435. The van der Waals surface area contributed by atoms with Crippen molar-refractivity contribution in [2.75, 3.05) is 12.0 Å². The van der Waals surface area contributed by atoms with Gasteiger partial charge in [0.15, 0.2) is 5.82 Å². The van der Waals surface area contributed by atoms with Gasteiger partial charge in [0.2, 0.25) is 0 Å². The number of anilines is 1. The van der Waals surface area contributed by atoms with Crippen LogP contribution in [-0.4, -0.2) is 38.7 Å². The van der Waals surface area contributed by atoms with E-state index in [1.165, 1.54) is 17.7 Å². The molecule has 4 heterocycles. The van der Waals surface area contributed by atoms with Crippen LogP contribution < -0.4 is 9.64 Å². The summed E-state index contributed by atoms with van der Waals surface area (Å²) in [5.74, 6) is 0.289. The molecule has 0 unspecified atom stereocenters. The summed E-state index contributed by atoms with van der Waals surface area (Å²) in [5, 5.41) is 6.70. The molecular formula is C25H17N5O3S. The van der Waals surface area contributed by atoms with E-state index in [2.05, 4.69) is 9.97 Å². The number of nitrogens with zero attached hydrogens (tertiary/aromatic N) is 5. The number of carbonyl (C=O) groups is 2. The van der Waals surface area contributed by atoms with E-state index in [0.29, 0.717) is 17.7 Å². The van der Waals surface area contributed by atoms with Gasteiger partial charge in [0.05, 0.1) is 40.7 Å². The molecule has 1 aliphatic rings. The number of methoxy groups -OCH3 is 1. The van der Waals surface area contributed by atoms with Crippen LogP contribution in [0, 0.1) is 0 Å². The maximum absolute atomic E-state index is 13.1. The Bertz CT molecular complexity index is 1540. The van der Waals surface area contributed by atoms with Gasteiger partial charge in [-0.05, 0) is 29.8 Å². The molecule has 1 aliphatic heterocycles. The van der Waals surface area contributed by atoms with E-state index < -0.39 is 0 Å². The summed E-state index contributed by atoms with van der Waals surface area (Å²) in [6.07, 6.45) is 3.28. The van der Waals surface area contributed by atoms with Crippen molar-refractivity contribution in [2.45, 2.75) is 6.54 Å². The van der Waals surface area contributed by atoms with Gasteiger partial charge in [-0.3, -0.25) is 14.3 Å². The Hall–Kier alpha value is -4.37. The van der Waals surface area contributed by atoms with E-state index in [-0.39, 0.29) is 17.6 Å². The number of thiophene rings is 1. The molecule has 166 valence electrons. The molecular weight excluding hydrogens is 450 g/mol. The average Bonchev–Trinajstić information content (AvgIpc) is 3.54. The summed E-state index contributed by atoms with van der Waals surface area (Å²) >= 11 is 1.53. The minimum absolute atomic E-state index is 0.281. The number of hydrogen-bond donors (Lipinski definition) is 0. The molecule has 0 fully saturated rings. The van der Waals surface area contributed by atoms with Gasteiger partial charge >= 0.3 is 0 Å². The van der Waals surface area contributed by atoms with Crippen molar-refractivity contribution in [3.05, 3.63) is 89.2 Å². The molecule has 9 heteroatoms. The largest absolute Gasteiger partial charge is 0.497 e. The van der Waals surface area contributed by atoms with Crippen LogP contribution >= 0.6 is 11.3 Å². The molecule has 2 aromatic carbocycles. The first-order chi connectivity index (χ1) is 16.6. The van der Waals surface area contributed by atoms with Crippen LogP contribution in [0.3, 0.4) is 0 Å². The van der Waals surface area contributed by atoms with Crippen LogP contribution in [0.2, 0.25) is 0 Å². The van der Waals surface area contributed by atoms with Crippen molar-refractivity contribution in [1.29, 1.82) is 0 Å². The third kappa shape index (κ3) is 3.17. The highest BCUT2D eigenvalue weighted by Crippen LogP contribution is 2.36. The molecule has 0 bridgehead atoms. The van der Waals surface area contributed by atoms with Gasteiger partial charge in [-0.2, -0.15) is 5.10 Å². The number of amides is 2. The van der Waals surface area contributed by atoms with Crippen molar-refractivity contribution >= 4 is 39.2 Å². The number of fused-ring (bicyclic) bond motifs is 2. The Kier molecular flexibility index (Phi) is 4.70. The monoisotopic (exact) mass is 467 g/mol. The van der Waals surface area contributed by atoms with Crippen molar-refractivity contribution in [1.82, 2.24) is 19.7 Å². The van der Waals surface area contributed by atoms with E-state index in [4.69, 9.17) is 9.84 Å². The number of hydrogen-bond acceptors (Lipinski definition) is 7. The predicted molar refractivity (Wildman–Crippen MR) is 128 cm³/mol. The first kappa shape index (κ1) is 20.3. The van der Waals surface area contributed by atoms with E-state index in [0.717, 1.165) is 37.7 Å². The minimum Gasteiger partial charge on any atom is -0.497 e. The fraction of sp³-hybridized carbons (Fsp3) is 0.0800. The van der Waals surface area contributed by atoms with Crippen molar-refractivity contribution in [3.63, 3.8) is 0 Å². The Labute approximate surface area is 198 Å². The molecule has 0 spiro atoms. The molecule has 0 radical (unpaired) electrons. The average molecular weight is 468 g/mol. The molecule has 6 rings (SSSR count). The molecule has 34 heavy (non-hydrogen) atoms. The fourth-order valence-corrected chi connectivity index (χ4v) is 4.99. The summed E-state index contributed by atoms with van der Waals surface area (Å²) < 4.78 is 8.00. The van der Waals surface area contributed by atoms with Gasteiger partial charge in [0, 0.05) is 23.2 Å². The lowest BCUT2D eigenvalue weighted by Gasteiger charge is -2.10. The number of aromatic nitrogens is 4. The van der Waals surface area contributed by atoms with Gasteiger partial charge in [0.1, 0.15) is 12.1 Å². The standard InChI is InChI=1S/C25H17N5O3S/c1-33-16-8-6-15(7-9-16)12-29-20(19-13-34-21-11-26-14-27-23(19)21)10-22(28-29)30-24(31)17-4-2-3-5-18(17)25(30)32/h2-11,13-14H,12H2,1H3. The van der Waals surface area contributed by atoms with Gasteiger partial charge in [-0.15, -0.1) is 11.3 Å². The molecule has 0 atom stereocenters. The Balaban J connectivity index is 1.47. The summed E-state index contributed by atoms with van der Waals surface area (Å²) in [5.41, 5.74) is 4.18. The predicted octanol–water partition coefficient (Wildman–Crippen LogP) is 4.41. The molecule has 3 aromatic heterocycles. The Morgan fingerprint density at radius 2 is 1.71 bits per heavy atom. The number of ether oxygens (including phenoxy) is 1. The summed E-state index contributed by atoms with van der Waals surface area (Å²) in [7, 11) is 1.62. The molecule has 0 saturated heterocycles. The number of rotatable bonds is 5. The SMILES string of the molecule is COc1ccc(Cn2nc(N3C(=O)c4ccccc4C3=O)cc2-c2csc3cncnc23)cc1. The minimum atomic E-state index is -0.376. The highest BCUT2D eigenvalue weighted by atomic mass is 32.1. The zero-order valence-electron chi connectivity index (χ0n) is 18.0. The second kappa shape index (κ2) is 7.89. The maximum atomic E-state index is 13.1. The lowest BCUT2D eigenvalue weighted by Crippen LogP contribution is -2.29. The zero-order chi connectivity index (χ0) is 23.2. The molecule has 0 saturated carbocycles. The fourth-order valence-electron chi connectivity index (χ4n) is 4.12. The Morgan fingerprint density at radius 3 is 2.41 bits per heavy atom. The molecule has 2 amide bonds. The summed E-state index contributed by atoms with van der Waals surface area (Å²) in [4.78, 5) is 35.9. The van der Waals surface area contributed by atoms with Crippen LogP contribution in [0.25, 0.3) is 21.5 Å². The zero-order valence-corrected chi connectivity index (χ0v) is 18.8. The smallest absolute Gasteiger partial charge is 0.267 e. The highest BCUT2D eigenvalue weighted by molar-refractivity contribution is 7.17. The second-order valence-corrected chi connectivity index (χ2v) is 8.68. The van der Waals surface area contributed by atoms with Crippen LogP contribution in [0.4, 0.5) is 5.82 Å². The third-order valence-electron chi connectivity index (χ3n) is 5.80. The van der Waals surface area contributed by atoms with Crippen LogP contribution in [0.15, 0.2) is 72.5 Å². The van der Waals surface area contributed by atoms with E-state index in [9.17, 15) is 9.59 Å². The number of carbonyl (C=O) groups excluding carboxylic acids is 2.